The molecule has 1 heterocycles. The maximum Gasteiger partial charge on any atom is 0.119 e. The van der Waals surface area contributed by atoms with Crippen LogP contribution in [-0.4, -0.2) is 7.11 Å². The van der Waals surface area contributed by atoms with Crippen LogP contribution < -0.4 is 10.1 Å². The van der Waals surface area contributed by atoms with Gasteiger partial charge < -0.3 is 10.1 Å². The summed E-state index contributed by atoms with van der Waals surface area (Å²) in [4.78, 5) is 0. The third kappa shape index (κ3) is 2.38. The standard InChI is InChI=1S/C15H13Cl2NO/c1-19-11-3-5-14-9(6-11)7-15(18-14)12-4-2-10(16)8-13(12)17/h2-6,8,15,18H,7H2,1H3. The van der Waals surface area contributed by atoms with Crippen molar-refractivity contribution >= 4 is 28.9 Å². The molecular formula is C15H13Cl2NO. The van der Waals surface area contributed by atoms with Crippen LogP contribution in [0.3, 0.4) is 0 Å². The lowest BCUT2D eigenvalue weighted by molar-refractivity contribution is 0.414. The van der Waals surface area contributed by atoms with Crippen LogP contribution in [-0.2, 0) is 6.42 Å². The maximum atomic E-state index is 6.26. The van der Waals surface area contributed by atoms with E-state index >= 15 is 0 Å². The van der Waals surface area contributed by atoms with Gasteiger partial charge in [-0.15, -0.1) is 0 Å². The van der Waals surface area contributed by atoms with Crippen LogP contribution in [0.25, 0.3) is 0 Å². The molecule has 0 amide bonds. The van der Waals surface area contributed by atoms with E-state index in [1.54, 1.807) is 13.2 Å². The predicted octanol–water partition coefficient (Wildman–Crippen LogP) is 4.71. The quantitative estimate of drug-likeness (QED) is 0.866. The van der Waals surface area contributed by atoms with E-state index in [2.05, 4.69) is 11.4 Å². The maximum absolute atomic E-state index is 6.26. The lowest BCUT2D eigenvalue weighted by Crippen LogP contribution is -2.06. The summed E-state index contributed by atoms with van der Waals surface area (Å²) in [6.45, 7) is 0. The molecular weight excluding hydrogens is 281 g/mol. The van der Waals surface area contributed by atoms with Crippen molar-refractivity contribution in [1.29, 1.82) is 0 Å². The molecule has 0 radical (unpaired) electrons. The van der Waals surface area contributed by atoms with Crippen molar-refractivity contribution in [2.45, 2.75) is 12.5 Å². The van der Waals surface area contributed by atoms with Crippen molar-refractivity contribution in [3.63, 3.8) is 0 Å². The lowest BCUT2D eigenvalue weighted by Gasteiger charge is -2.13. The summed E-state index contributed by atoms with van der Waals surface area (Å²) in [6.07, 6.45) is 0.897. The van der Waals surface area contributed by atoms with Gasteiger partial charge in [-0.2, -0.15) is 0 Å². The molecule has 4 heteroatoms. The van der Waals surface area contributed by atoms with Gasteiger partial charge in [0.05, 0.1) is 13.2 Å². The van der Waals surface area contributed by atoms with Crippen LogP contribution in [0.15, 0.2) is 36.4 Å². The normalized spacial score (nSPS) is 16.9. The second-order valence-electron chi connectivity index (χ2n) is 4.59. The van der Waals surface area contributed by atoms with Gasteiger partial charge in [-0.25, -0.2) is 0 Å². The number of benzene rings is 2. The molecule has 0 aliphatic carbocycles. The summed E-state index contributed by atoms with van der Waals surface area (Å²) >= 11 is 12.2. The van der Waals surface area contributed by atoms with Gasteiger partial charge in [0.25, 0.3) is 0 Å². The minimum atomic E-state index is 0.187. The second-order valence-corrected chi connectivity index (χ2v) is 5.43. The fourth-order valence-corrected chi connectivity index (χ4v) is 2.98. The van der Waals surface area contributed by atoms with E-state index < -0.39 is 0 Å². The fourth-order valence-electron chi connectivity index (χ4n) is 2.44. The van der Waals surface area contributed by atoms with Crippen LogP contribution in [0.2, 0.25) is 10.0 Å². The number of ether oxygens (including phenoxy) is 1. The molecule has 0 saturated heterocycles. The third-order valence-electron chi connectivity index (χ3n) is 3.40. The molecule has 3 rings (SSSR count). The van der Waals surface area contributed by atoms with E-state index in [1.165, 1.54) is 5.56 Å². The van der Waals surface area contributed by atoms with E-state index in [0.29, 0.717) is 10.0 Å². The third-order valence-corrected chi connectivity index (χ3v) is 3.97. The van der Waals surface area contributed by atoms with Crippen LogP contribution in [0, 0.1) is 0 Å². The Kier molecular flexibility index (Phi) is 3.29. The van der Waals surface area contributed by atoms with Crippen LogP contribution in [0.4, 0.5) is 5.69 Å². The Morgan fingerprint density at radius 1 is 1.16 bits per heavy atom. The van der Waals surface area contributed by atoms with Gasteiger partial charge >= 0.3 is 0 Å². The van der Waals surface area contributed by atoms with Crippen molar-refractivity contribution in [3.05, 3.63) is 57.6 Å². The number of rotatable bonds is 2. The molecule has 1 aliphatic heterocycles. The van der Waals surface area contributed by atoms with Crippen LogP contribution in [0.1, 0.15) is 17.2 Å². The van der Waals surface area contributed by atoms with E-state index in [-0.39, 0.29) is 6.04 Å². The number of nitrogens with one attached hydrogen (secondary N) is 1. The van der Waals surface area contributed by atoms with E-state index in [0.717, 1.165) is 23.4 Å². The summed E-state index contributed by atoms with van der Waals surface area (Å²) in [5.74, 6) is 0.878. The highest BCUT2D eigenvalue weighted by Gasteiger charge is 2.24. The predicted molar refractivity (Wildman–Crippen MR) is 79.5 cm³/mol. The molecule has 2 aromatic carbocycles. The summed E-state index contributed by atoms with van der Waals surface area (Å²) < 4.78 is 5.25. The molecule has 0 fully saturated rings. The second kappa shape index (κ2) is 4.95. The SMILES string of the molecule is COc1ccc2c(c1)CC(c1ccc(Cl)cc1Cl)N2. The molecule has 0 saturated carbocycles. The fraction of sp³-hybridized carbons (Fsp3) is 0.200. The molecule has 1 unspecified atom stereocenters. The summed E-state index contributed by atoms with van der Waals surface area (Å²) in [5.41, 5.74) is 3.45. The Balaban J connectivity index is 1.90. The molecule has 0 spiro atoms. The van der Waals surface area contributed by atoms with Gasteiger partial charge in [0, 0.05) is 15.7 Å². The number of fused-ring (bicyclic) bond motifs is 1. The molecule has 19 heavy (non-hydrogen) atoms. The largest absolute Gasteiger partial charge is 0.497 e. The first-order valence-electron chi connectivity index (χ1n) is 6.06. The average Bonchev–Trinajstić information content (AvgIpc) is 2.80. The Labute approximate surface area is 122 Å². The average molecular weight is 294 g/mol. The number of methoxy groups -OCH3 is 1. The Hall–Kier alpha value is -1.38. The van der Waals surface area contributed by atoms with E-state index in [9.17, 15) is 0 Å². The van der Waals surface area contributed by atoms with Gasteiger partial charge in [-0.05, 0) is 47.9 Å². The van der Waals surface area contributed by atoms with Crippen molar-refractivity contribution < 1.29 is 4.74 Å². The zero-order chi connectivity index (χ0) is 13.4. The van der Waals surface area contributed by atoms with E-state index in [4.69, 9.17) is 27.9 Å². The molecule has 98 valence electrons. The first kappa shape index (κ1) is 12.6. The van der Waals surface area contributed by atoms with Crippen molar-refractivity contribution in [1.82, 2.24) is 0 Å². The highest BCUT2D eigenvalue weighted by molar-refractivity contribution is 6.35. The molecule has 0 bridgehead atoms. The zero-order valence-corrected chi connectivity index (χ0v) is 11.9. The number of hydrogen-bond acceptors (Lipinski definition) is 2. The van der Waals surface area contributed by atoms with E-state index in [1.807, 2.05) is 24.3 Å². The van der Waals surface area contributed by atoms with Gasteiger partial charge in [0.1, 0.15) is 5.75 Å². The molecule has 1 atom stereocenters. The van der Waals surface area contributed by atoms with Gasteiger partial charge in [-0.3, -0.25) is 0 Å². The Morgan fingerprint density at radius 2 is 2.00 bits per heavy atom. The van der Waals surface area contributed by atoms with Crippen LogP contribution >= 0.6 is 23.2 Å². The first-order valence-corrected chi connectivity index (χ1v) is 6.81. The molecule has 2 aromatic rings. The lowest BCUT2D eigenvalue weighted by atomic mass is 10.0. The number of halogens is 2. The minimum absolute atomic E-state index is 0.187. The molecule has 2 nitrogen and oxygen atoms in total. The van der Waals surface area contributed by atoms with Gasteiger partial charge in [-0.1, -0.05) is 29.3 Å². The highest BCUT2D eigenvalue weighted by Crippen LogP contribution is 2.38. The zero-order valence-electron chi connectivity index (χ0n) is 10.4. The monoisotopic (exact) mass is 293 g/mol. The highest BCUT2D eigenvalue weighted by atomic mass is 35.5. The van der Waals surface area contributed by atoms with Crippen LogP contribution in [0.5, 0.6) is 5.75 Å². The molecule has 1 aliphatic rings. The minimum Gasteiger partial charge on any atom is -0.497 e. The summed E-state index contributed by atoms with van der Waals surface area (Å²) in [5, 5.41) is 4.84. The molecule has 0 aromatic heterocycles. The van der Waals surface area contributed by atoms with Crippen molar-refractivity contribution in [3.8, 4) is 5.75 Å². The topological polar surface area (TPSA) is 21.3 Å². The number of hydrogen-bond donors (Lipinski definition) is 1. The first-order chi connectivity index (χ1) is 9.17. The van der Waals surface area contributed by atoms with Gasteiger partial charge in [0.15, 0.2) is 0 Å². The Morgan fingerprint density at radius 3 is 2.74 bits per heavy atom. The number of anilines is 1. The van der Waals surface area contributed by atoms with Crippen molar-refractivity contribution in [2.75, 3.05) is 12.4 Å². The summed E-state index contributed by atoms with van der Waals surface area (Å²) in [6, 6.07) is 11.9. The smallest absolute Gasteiger partial charge is 0.119 e. The summed E-state index contributed by atoms with van der Waals surface area (Å²) in [7, 11) is 1.68. The van der Waals surface area contributed by atoms with Crippen molar-refractivity contribution in [2.24, 2.45) is 0 Å². The molecule has 1 N–H and O–H groups in total. The van der Waals surface area contributed by atoms with Gasteiger partial charge in [0.2, 0.25) is 0 Å². The Bertz CT molecular complexity index is 628.